The molecular formula is C20H26N2O2S. The minimum Gasteiger partial charge on any atom is -0.416 e. The van der Waals surface area contributed by atoms with Gasteiger partial charge in [-0.1, -0.05) is 37.1 Å². The van der Waals surface area contributed by atoms with Gasteiger partial charge in [0, 0.05) is 11.5 Å². The first-order valence-corrected chi connectivity index (χ1v) is 10.0. The van der Waals surface area contributed by atoms with Crippen molar-refractivity contribution in [3.63, 3.8) is 0 Å². The van der Waals surface area contributed by atoms with Crippen LogP contribution < -0.4 is 0 Å². The van der Waals surface area contributed by atoms with E-state index in [2.05, 4.69) is 30.1 Å². The van der Waals surface area contributed by atoms with E-state index in [-0.39, 0.29) is 5.78 Å². The van der Waals surface area contributed by atoms with Crippen LogP contribution in [0.5, 0.6) is 0 Å². The fourth-order valence-electron chi connectivity index (χ4n) is 3.63. The molecule has 0 radical (unpaired) electrons. The minimum atomic E-state index is 0.129. The van der Waals surface area contributed by atoms with Crippen LogP contribution >= 0.6 is 11.8 Å². The van der Waals surface area contributed by atoms with E-state index in [9.17, 15) is 4.79 Å². The highest BCUT2D eigenvalue weighted by Crippen LogP contribution is 2.33. The number of Topliss-reactive ketones (excluding diaryl/α,β-unsaturated/α-hetero) is 1. The van der Waals surface area contributed by atoms with Crippen molar-refractivity contribution >= 4 is 17.5 Å². The molecule has 0 amide bonds. The monoisotopic (exact) mass is 358 g/mol. The Morgan fingerprint density at radius 1 is 1.08 bits per heavy atom. The number of aromatic nitrogens is 2. The van der Waals surface area contributed by atoms with Crippen LogP contribution in [0.4, 0.5) is 0 Å². The Kier molecular flexibility index (Phi) is 5.62. The highest BCUT2D eigenvalue weighted by atomic mass is 32.2. The Balaban J connectivity index is 1.68. The molecule has 1 aromatic carbocycles. The average molecular weight is 359 g/mol. The van der Waals surface area contributed by atoms with Gasteiger partial charge >= 0.3 is 0 Å². The first-order chi connectivity index (χ1) is 12.0. The third-order valence-corrected chi connectivity index (χ3v) is 6.17. The second-order valence-corrected chi connectivity index (χ2v) is 8.01. The van der Waals surface area contributed by atoms with Crippen LogP contribution in [0.1, 0.15) is 76.5 Å². The normalized spacial score (nSPS) is 15.5. The number of thioether (sulfide) groups is 1. The molecule has 1 aliphatic carbocycles. The number of aryl methyl sites for hydroxylation is 2. The number of carbonyl (C=O) groups excluding carboxylic acids is 1. The SMILES string of the molecule is Cc1cc(C)c(C)c(C(=O)CSc2nnc(C3CCCCC3)o2)c1C. The third kappa shape index (κ3) is 3.97. The van der Waals surface area contributed by atoms with Crippen molar-refractivity contribution in [2.75, 3.05) is 5.75 Å². The summed E-state index contributed by atoms with van der Waals surface area (Å²) in [4.78, 5) is 12.8. The molecule has 2 aromatic rings. The van der Waals surface area contributed by atoms with Crippen molar-refractivity contribution in [3.05, 3.63) is 39.8 Å². The number of hydrogen-bond acceptors (Lipinski definition) is 5. The van der Waals surface area contributed by atoms with Gasteiger partial charge in [0.15, 0.2) is 5.78 Å². The maximum Gasteiger partial charge on any atom is 0.277 e. The molecule has 1 aromatic heterocycles. The molecule has 0 saturated heterocycles. The molecule has 1 saturated carbocycles. The van der Waals surface area contributed by atoms with E-state index in [1.807, 2.05) is 13.8 Å². The number of benzene rings is 1. The minimum absolute atomic E-state index is 0.129. The Morgan fingerprint density at radius 3 is 2.36 bits per heavy atom. The Hall–Kier alpha value is -1.62. The van der Waals surface area contributed by atoms with Gasteiger partial charge in [-0.15, -0.1) is 10.2 Å². The molecule has 4 nitrogen and oxygen atoms in total. The zero-order chi connectivity index (χ0) is 18.0. The fraction of sp³-hybridized carbons (Fsp3) is 0.550. The molecule has 0 spiro atoms. The molecule has 5 heteroatoms. The number of nitrogens with zero attached hydrogens (tertiary/aromatic N) is 2. The molecule has 1 aliphatic rings. The lowest BCUT2D eigenvalue weighted by Gasteiger charge is -2.17. The Labute approximate surface area is 153 Å². The maximum atomic E-state index is 12.8. The van der Waals surface area contributed by atoms with Crippen molar-refractivity contribution < 1.29 is 9.21 Å². The molecule has 0 unspecified atom stereocenters. The molecule has 1 fully saturated rings. The maximum absolute atomic E-state index is 12.8. The summed E-state index contributed by atoms with van der Waals surface area (Å²) in [6.45, 7) is 8.15. The standard InChI is InChI=1S/C20H26N2O2S/c1-12-10-13(2)15(4)18(14(12)3)17(23)11-25-20-22-21-19(24-20)16-8-6-5-7-9-16/h10,16H,5-9,11H2,1-4H3. The summed E-state index contributed by atoms with van der Waals surface area (Å²) in [6.07, 6.45) is 6.03. The highest BCUT2D eigenvalue weighted by molar-refractivity contribution is 7.99. The van der Waals surface area contributed by atoms with E-state index in [1.165, 1.54) is 31.0 Å². The molecule has 0 N–H and O–H groups in total. The van der Waals surface area contributed by atoms with E-state index >= 15 is 0 Å². The summed E-state index contributed by atoms with van der Waals surface area (Å²) in [5.74, 6) is 1.60. The zero-order valence-corrected chi connectivity index (χ0v) is 16.3. The van der Waals surface area contributed by atoms with E-state index in [0.717, 1.165) is 46.5 Å². The van der Waals surface area contributed by atoms with Crippen LogP contribution in [-0.2, 0) is 0 Å². The molecule has 0 atom stereocenters. The Morgan fingerprint density at radius 2 is 1.72 bits per heavy atom. The van der Waals surface area contributed by atoms with E-state index in [1.54, 1.807) is 0 Å². The molecular weight excluding hydrogens is 332 g/mol. The van der Waals surface area contributed by atoms with Gasteiger partial charge in [-0.3, -0.25) is 4.79 Å². The van der Waals surface area contributed by atoms with Crippen LogP contribution in [0.25, 0.3) is 0 Å². The first kappa shape index (κ1) is 18.2. The summed E-state index contributed by atoms with van der Waals surface area (Å²) < 4.78 is 5.81. The summed E-state index contributed by atoms with van der Waals surface area (Å²) in [7, 11) is 0. The second-order valence-electron chi connectivity index (χ2n) is 7.09. The van der Waals surface area contributed by atoms with Gasteiger partial charge in [0.25, 0.3) is 5.22 Å². The smallest absolute Gasteiger partial charge is 0.277 e. The molecule has 3 rings (SSSR count). The lowest BCUT2D eigenvalue weighted by molar-refractivity contribution is 0.102. The fourth-order valence-corrected chi connectivity index (χ4v) is 4.27. The van der Waals surface area contributed by atoms with Gasteiger partial charge in [-0.25, -0.2) is 0 Å². The van der Waals surface area contributed by atoms with Crippen molar-refractivity contribution in [2.45, 2.75) is 70.9 Å². The predicted octanol–water partition coefficient (Wildman–Crippen LogP) is 5.33. The summed E-state index contributed by atoms with van der Waals surface area (Å²) >= 11 is 1.35. The zero-order valence-electron chi connectivity index (χ0n) is 15.5. The van der Waals surface area contributed by atoms with Crippen molar-refractivity contribution in [2.24, 2.45) is 0 Å². The van der Waals surface area contributed by atoms with Crippen LogP contribution in [-0.4, -0.2) is 21.7 Å². The lowest BCUT2D eigenvalue weighted by Crippen LogP contribution is -2.10. The molecule has 0 aliphatic heterocycles. The largest absolute Gasteiger partial charge is 0.416 e. The number of ketones is 1. The predicted molar refractivity (Wildman–Crippen MR) is 101 cm³/mol. The molecule has 1 heterocycles. The van der Waals surface area contributed by atoms with Gasteiger partial charge in [0.2, 0.25) is 5.89 Å². The summed E-state index contributed by atoms with van der Waals surface area (Å²) in [5.41, 5.74) is 5.31. The van der Waals surface area contributed by atoms with Crippen LogP contribution in [0.3, 0.4) is 0 Å². The van der Waals surface area contributed by atoms with E-state index < -0.39 is 0 Å². The number of hydrogen-bond donors (Lipinski definition) is 0. The quantitative estimate of drug-likeness (QED) is 0.534. The van der Waals surface area contributed by atoms with Crippen molar-refractivity contribution in [3.8, 4) is 0 Å². The second kappa shape index (κ2) is 7.73. The van der Waals surface area contributed by atoms with Gasteiger partial charge in [0.1, 0.15) is 0 Å². The van der Waals surface area contributed by atoms with Crippen molar-refractivity contribution in [1.29, 1.82) is 0 Å². The summed E-state index contributed by atoms with van der Waals surface area (Å²) in [6, 6.07) is 2.14. The molecule has 134 valence electrons. The Bertz CT molecular complexity index is 750. The van der Waals surface area contributed by atoms with E-state index in [4.69, 9.17) is 4.42 Å². The average Bonchev–Trinajstić information content (AvgIpc) is 3.08. The lowest BCUT2D eigenvalue weighted by atomic mass is 9.89. The number of carbonyl (C=O) groups is 1. The van der Waals surface area contributed by atoms with Crippen LogP contribution in [0, 0.1) is 27.7 Å². The van der Waals surface area contributed by atoms with Gasteiger partial charge < -0.3 is 4.42 Å². The molecule has 0 bridgehead atoms. The van der Waals surface area contributed by atoms with E-state index in [0.29, 0.717) is 16.9 Å². The van der Waals surface area contributed by atoms with Gasteiger partial charge in [-0.2, -0.15) is 0 Å². The van der Waals surface area contributed by atoms with Gasteiger partial charge in [0.05, 0.1) is 5.75 Å². The molecule has 25 heavy (non-hydrogen) atoms. The topological polar surface area (TPSA) is 56.0 Å². The van der Waals surface area contributed by atoms with Crippen molar-refractivity contribution in [1.82, 2.24) is 10.2 Å². The van der Waals surface area contributed by atoms with Crippen LogP contribution in [0.15, 0.2) is 15.7 Å². The summed E-state index contributed by atoms with van der Waals surface area (Å²) in [5, 5.41) is 8.84. The highest BCUT2D eigenvalue weighted by Gasteiger charge is 2.22. The van der Waals surface area contributed by atoms with Gasteiger partial charge in [-0.05, 0) is 62.8 Å². The van der Waals surface area contributed by atoms with Crippen LogP contribution in [0.2, 0.25) is 0 Å². The number of rotatable bonds is 5. The third-order valence-electron chi connectivity index (χ3n) is 5.35. The first-order valence-electron chi connectivity index (χ1n) is 9.04.